The van der Waals surface area contributed by atoms with E-state index >= 15 is 0 Å². The normalized spacial score (nSPS) is 26.4. The Morgan fingerprint density at radius 3 is 3.04 bits per heavy atom. The van der Waals surface area contributed by atoms with E-state index in [1.807, 2.05) is 0 Å². The van der Waals surface area contributed by atoms with Gasteiger partial charge in [0.2, 0.25) is 0 Å². The van der Waals surface area contributed by atoms with Crippen molar-refractivity contribution in [3.63, 3.8) is 0 Å². The lowest BCUT2D eigenvalue weighted by Crippen LogP contribution is -2.51. The Labute approximate surface area is 150 Å². The third-order valence-electron chi connectivity index (χ3n) is 5.69. The van der Waals surface area contributed by atoms with Crippen molar-refractivity contribution < 1.29 is 9.53 Å². The zero-order valence-corrected chi connectivity index (χ0v) is 15.7. The molecule has 4 rings (SSSR count). The monoisotopic (exact) mass is 390 g/mol. The number of rotatable bonds is 3. The van der Waals surface area contributed by atoms with Gasteiger partial charge in [0, 0.05) is 29.4 Å². The summed E-state index contributed by atoms with van der Waals surface area (Å²) < 4.78 is 6.17. The molecule has 1 saturated heterocycles. The van der Waals surface area contributed by atoms with Gasteiger partial charge in [-0.25, -0.2) is 0 Å². The van der Waals surface area contributed by atoms with Crippen molar-refractivity contribution in [3.05, 3.63) is 33.9 Å². The molecule has 2 aliphatic rings. The number of benzene rings is 1. The van der Waals surface area contributed by atoms with Crippen LogP contribution in [-0.4, -0.2) is 42.1 Å². The van der Waals surface area contributed by atoms with Crippen molar-refractivity contribution in [1.82, 2.24) is 9.88 Å². The minimum Gasteiger partial charge on any atom is -0.469 e. The van der Waals surface area contributed by atoms with Crippen LogP contribution in [0.15, 0.2) is 22.8 Å². The first kappa shape index (κ1) is 16.2. The summed E-state index contributed by atoms with van der Waals surface area (Å²) in [5, 5.41) is 1.35. The summed E-state index contributed by atoms with van der Waals surface area (Å²) in [5.74, 6) is 0.304. The standard InChI is InChI=1S/C19H23BrN2O2/c1-3-7-22-10-11(19(23)24-2)8-13-12-5-4-6-15-17(12)14(9-16(13)22)18(20)21-15/h4-6,11,13,16,21H,3,7-10H2,1-2H3/t11?,13-,16-/m1/s1. The summed E-state index contributed by atoms with van der Waals surface area (Å²) in [4.78, 5) is 18.2. The number of piperidine rings is 1. The van der Waals surface area contributed by atoms with E-state index < -0.39 is 0 Å². The van der Waals surface area contributed by atoms with Gasteiger partial charge in [-0.2, -0.15) is 0 Å². The highest BCUT2D eigenvalue weighted by Crippen LogP contribution is 2.46. The lowest BCUT2D eigenvalue weighted by Gasteiger charge is -2.46. The highest BCUT2D eigenvalue weighted by Gasteiger charge is 2.43. The number of halogens is 1. The molecular formula is C19H23BrN2O2. The number of esters is 1. The second-order valence-electron chi connectivity index (χ2n) is 7.02. The second-order valence-corrected chi connectivity index (χ2v) is 7.81. The van der Waals surface area contributed by atoms with Crippen LogP contribution in [0.5, 0.6) is 0 Å². The van der Waals surface area contributed by atoms with Crippen LogP contribution in [0.2, 0.25) is 0 Å². The zero-order valence-electron chi connectivity index (χ0n) is 14.1. The Balaban J connectivity index is 1.80. The van der Waals surface area contributed by atoms with Crippen LogP contribution in [-0.2, 0) is 16.0 Å². The molecule has 1 unspecified atom stereocenters. The predicted octanol–water partition coefficient (Wildman–Crippen LogP) is 3.84. The molecule has 0 saturated carbocycles. The molecule has 5 heteroatoms. The molecule has 1 N–H and O–H groups in total. The highest BCUT2D eigenvalue weighted by molar-refractivity contribution is 9.10. The number of aromatic amines is 1. The second kappa shape index (κ2) is 6.19. The van der Waals surface area contributed by atoms with Crippen LogP contribution >= 0.6 is 15.9 Å². The molecule has 1 aliphatic heterocycles. The topological polar surface area (TPSA) is 45.3 Å². The number of ether oxygens (including phenoxy) is 1. The number of H-pyrrole nitrogens is 1. The number of carbonyl (C=O) groups excluding carboxylic acids is 1. The fourth-order valence-electron chi connectivity index (χ4n) is 4.72. The maximum absolute atomic E-state index is 12.2. The molecule has 0 bridgehead atoms. The third kappa shape index (κ3) is 2.40. The highest BCUT2D eigenvalue weighted by atomic mass is 79.9. The molecule has 2 aromatic rings. The summed E-state index contributed by atoms with van der Waals surface area (Å²) in [7, 11) is 1.50. The summed E-state index contributed by atoms with van der Waals surface area (Å²) in [6.45, 7) is 4.05. The van der Waals surface area contributed by atoms with Gasteiger partial charge in [-0.05, 0) is 58.9 Å². The van der Waals surface area contributed by atoms with E-state index in [1.165, 1.54) is 29.1 Å². The van der Waals surface area contributed by atoms with Gasteiger partial charge in [0.1, 0.15) is 0 Å². The van der Waals surface area contributed by atoms with Crippen LogP contribution in [0, 0.1) is 5.92 Å². The van der Waals surface area contributed by atoms with E-state index in [0.29, 0.717) is 12.0 Å². The van der Waals surface area contributed by atoms with Crippen molar-refractivity contribution in [2.75, 3.05) is 20.2 Å². The molecule has 4 nitrogen and oxygen atoms in total. The number of fused-ring (bicyclic) bond motifs is 2. The first-order valence-electron chi connectivity index (χ1n) is 8.74. The lowest BCUT2D eigenvalue weighted by molar-refractivity contribution is -0.148. The summed E-state index contributed by atoms with van der Waals surface area (Å²) in [6, 6.07) is 6.97. The summed E-state index contributed by atoms with van der Waals surface area (Å²) >= 11 is 3.71. The number of methoxy groups -OCH3 is 1. The minimum atomic E-state index is -0.0669. The molecular weight excluding hydrogens is 368 g/mol. The maximum atomic E-state index is 12.2. The number of nitrogens with zero attached hydrogens (tertiary/aromatic N) is 1. The molecule has 0 amide bonds. The van der Waals surface area contributed by atoms with Gasteiger partial charge in [0.05, 0.1) is 17.6 Å². The van der Waals surface area contributed by atoms with E-state index in [4.69, 9.17) is 4.74 Å². The van der Waals surface area contributed by atoms with E-state index in [0.717, 1.165) is 37.0 Å². The molecule has 0 radical (unpaired) electrons. The van der Waals surface area contributed by atoms with Gasteiger partial charge >= 0.3 is 5.97 Å². The number of nitrogens with one attached hydrogen (secondary N) is 1. The minimum absolute atomic E-state index is 0.0259. The summed E-state index contributed by atoms with van der Waals surface area (Å²) in [5.41, 5.74) is 3.96. The van der Waals surface area contributed by atoms with Crippen LogP contribution in [0.3, 0.4) is 0 Å². The van der Waals surface area contributed by atoms with E-state index in [-0.39, 0.29) is 11.9 Å². The molecule has 3 atom stereocenters. The van der Waals surface area contributed by atoms with E-state index in [2.05, 4.69) is 50.9 Å². The molecule has 1 fully saturated rings. The number of carbonyl (C=O) groups is 1. The Hall–Kier alpha value is -1.33. The Bertz CT molecular complexity index is 785. The lowest BCUT2D eigenvalue weighted by atomic mass is 9.72. The molecule has 0 spiro atoms. The van der Waals surface area contributed by atoms with Crippen molar-refractivity contribution >= 4 is 32.8 Å². The van der Waals surface area contributed by atoms with E-state index in [9.17, 15) is 4.79 Å². The number of likely N-dealkylation sites (tertiary alicyclic amines) is 1. The summed E-state index contributed by atoms with van der Waals surface area (Å²) in [6.07, 6.45) is 3.03. The zero-order chi connectivity index (χ0) is 16.8. The molecule has 1 aromatic carbocycles. The van der Waals surface area contributed by atoms with Gasteiger partial charge in [-0.15, -0.1) is 0 Å². The Morgan fingerprint density at radius 1 is 1.46 bits per heavy atom. The fourth-order valence-corrected chi connectivity index (χ4v) is 5.30. The molecule has 24 heavy (non-hydrogen) atoms. The molecule has 1 aliphatic carbocycles. The SMILES string of the molecule is CCCN1CC(C(=O)OC)C[C@@H]2c3cccc4[nH]c(Br)c(c34)C[C@H]21. The van der Waals surface area contributed by atoms with Gasteiger partial charge in [-0.1, -0.05) is 19.1 Å². The number of hydrogen-bond donors (Lipinski definition) is 1. The third-order valence-corrected chi connectivity index (χ3v) is 6.37. The van der Waals surface area contributed by atoms with Gasteiger partial charge in [-0.3, -0.25) is 9.69 Å². The van der Waals surface area contributed by atoms with Crippen LogP contribution in [0.1, 0.15) is 36.8 Å². The van der Waals surface area contributed by atoms with Crippen molar-refractivity contribution in [2.24, 2.45) is 5.92 Å². The first-order valence-corrected chi connectivity index (χ1v) is 9.54. The predicted molar refractivity (Wildman–Crippen MR) is 98.2 cm³/mol. The van der Waals surface area contributed by atoms with Crippen molar-refractivity contribution in [1.29, 1.82) is 0 Å². The van der Waals surface area contributed by atoms with Crippen molar-refractivity contribution in [3.8, 4) is 0 Å². The van der Waals surface area contributed by atoms with Gasteiger partial charge in [0.25, 0.3) is 0 Å². The van der Waals surface area contributed by atoms with Gasteiger partial charge < -0.3 is 9.72 Å². The van der Waals surface area contributed by atoms with E-state index in [1.54, 1.807) is 0 Å². The Morgan fingerprint density at radius 2 is 2.29 bits per heavy atom. The fraction of sp³-hybridized carbons (Fsp3) is 0.526. The van der Waals surface area contributed by atoms with Crippen LogP contribution in [0.4, 0.5) is 0 Å². The average Bonchev–Trinajstić information content (AvgIpc) is 2.92. The molecule has 1 aromatic heterocycles. The first-order chi connectivity index (χ1) is 11.6. The average molecular weight is 391 g/mol. The number of aromatic nitrogens is 1. The largest absolute Gasteiger partial charge is 0.469 e. The maximum Gasteiger partial charge on any atom is 0.309 e. The number of hydrogen-bond acceptors (Lipinski definition) is 3. The molecule has 2 heterocycles. The quantitative estimate of drug-likeness (QED) is 0.809. The van der Waals surface area contributed by atoms with Gasteiger partial charge in [0.15, 0.2) is 0 Å². The Kier molecular flexibility index (Phi) is 4.17. The van der Waals surface area contributed by atoms with Crippen molar-refractivity contribution in [2.45, 2.75) is 38.1 Å². The smallest absolute Gasteiger partial charge is 0.309 e. The van der Waals surface area contributed by atoms with Crippen LogP contribution in [0.25, 0.3) is 10.9 Å². The van der Waals surface area contributed by atoms with Crippen LogP contribution < -0.4 is 0 Å². The molecule has 128 valence electrons.